The van der Waals surface area contributed by atoms with Crippen LogP contribution in [0.3, 0.4) is 0 Å². The summed E-state index contributed by atoms with van der Waals surface area (Å²) in [4.78, 5) is 0. The highest BCUT2D eigenvalue weighted by Crippen LogP contribution is 2.45. The summed E-state index contributed by atoms with van der Waals surface area (Å²) < 4.78 is -0.395. The largest absolute Gasteiger partial charge is 0.269 e. The lowest BCUT2D eigenvalue weighted by Crippen LogP contribution is -1.94. The Bertz CT molecular complexity index is 262. The molecule has 0 aromatic heterocycles. The first-order valence-electron chi connectivity index (χ1n) is 3.00. The standard InChI is InChI=1S/C7H5BrN2/c8-7(9-10-7)6-4-2-1-3-5-6/h1-5H. The number of hydrogen-bond donors (Lipinski definition) is 0. The Morgan fingerprint density at radius 1 is 1.10 bits per heavy atom. The van der Waals surface area contributed by atoms with Crippen molar-refractivity contribution in [1.82, 2.24) is 0 Å². The van der Waals surface area contributed by atoms with Gasteiger partial charge in [0.05, 0.1) is 0 Å². The van der Waals surface area contributed by atoms with E-state index in [0.29, 0.717) is 0 Å². The van der Waals surface area contributed by atoms with Gasteiger partial charge in [-0.15, -0.1) is 10.2 Å². The van der Waals surface area contributed by atoms with Crippen LogP contribution in [0.2, 0.25) is 0 Å². The van der Waals surface area contributed by atoms with E-state index in [1.165, 1.54) is 0 Å². The lowest BCUT2D eigenvalue weighted by atomic mass is 10.2. The first-order valence-corrected chi connectivity index (χ1v) is 3.79. The monoisotopic (exact) mass is 196 g/mol. The van der Waals surface area contributed by atoms with Gasteiger partial charge in [-0.25, -0.2) is 0 Å². The van der Waals surface area contributed by atoms with Crippen LogP contribution < -0.4 is 0 Å². The zero-order chi connectivity index (χ0) is 7.03. The third kappa shape index (κ3) is 0.865. The van der Waals surface area contributed by atoms with Crippen molar-refractivity contribution >= 4 is 15.9 Å². The van der Waals surface area contributed by atoms with Gasteiger partial charge in [0.1, 0.15) is 0 Å². The van der Waals surface area contributed by atoms with Gasteiger partial charge in [-0.05, 0) is 15.9 Å². The van der Waals surface area contributed by atoms with Crippen LogP contribution in [0, 0.1) is 0 Å². The van der Waals surface area contributed by atoms with Gasteiger partial charge in [0.15, 0.2) is 0 Å². The molecule has 1 aromatic rings. The van der Waals surface area contributed by atoms with Crippen LogP contribution in [0.4, 0.5) is 0 Å². The minimum atomic E-state index is -0.395. The van der Waals surface area contributed by atoms with E-state index in [4.69, 9.17) is 0 Å². The Balaban J connectivity index is 2.36. The molecule has 1 aromatic carbocycles. The highest BCUT2D eigenvalue weighted by molar-refractivity contribution is 9.09. The molecule has 0 unspecified atom stereocenters. The molecule has 50 valence electrons. The molecule has 0 radical (unpaired) electrons. The lowest BCUT2D eigenvalue weighted by molar-refractivity contribution is 0.984. The topological polar surface area (TPSA) is 24.7 Å². The average Bonchev–Trinajstić information content (AvgIpc) is 2.72. The first kappa shape index (κ1) is 6.04. The number of halogens is 1. The molecule has 0 spiro atoms. The molecular formula is C7H5BrN2. The molecule has 0 N–H and O–H groups in total. The van der Waals surface area contributed by atoms with Gasteiger partial charge in [-0.1, -0.05) is 30.3 Å². The molecule has 3 heteroatoms. The first-order chi connectivity index (χ1) is 4.81. The van der Waals surface area contributed by atoms with Gasteiger partial charge < -0.3 is 0 Å². The summed E-state index contributed by atoms with van der Waals surface area (Å²) in [6.07, 6.45) is 0. The number of hydrogen-bond acceptors (Lipinski definition) is 2. The molecule has 10 heavy (non-hydrogen) atoms. The Morgan fingerprint density at radius 2 is 1.70 bits per heavy atom. The molecule has 0 saturated heterocycles. The van der Waals surface area contributed by atoms with Gasteiger partial charge in [0.2, 0.25) is 0 Å². The van der Waals surface area contributed by atoms with E-state index in [1.54, 1.807) is 0 Å². The Hall–Kier alpha value is -0.700. The second-order valence-corrected chi connectivity index (χ2v) is 3.26. The highest BCUT2D eigenvalue weighted by Gasteiger charge is 2.38. The van der Waals surface area contributed by atoms with Gasteiger partial charge in [0, 0.05) is 5.56 Å². The number of benzene rings is 1. The quantitative estimate of drug-likeness (QED) is 0.488. The predicted octanol–water partition coefficient (Wildman–Crippen LogP) is 2.66. The van der Waals surface area contributed by atoms with Gasteiger partial charge in [-0.2, -0.15) is 0 Å². The van der Waals surface area contributed by atoms with Crippen molar-refractivity contribution in [3.8, 4) is 0 Å². The smallest absolute Gasteiger partial charge is 0.140 e. The van der Waals surface area contributed by atoms with Crippen molar-refractivity contribution in [2.24, 2.45) is 10.2 Å². The second kappa shape index (κ2) is 1.89. The lowest BCUT2D eigenvalue weighted by Gasteiger charge is -1.98. The van der Waals surface area contributed by atoms with E-state index < -0.39 is 4.57 Å². The highest BCUT2D eigenvalue weighted by atomic mass is 79.9. The van der Waals surface area contributed by atoms with Crippen molar-refractivity contribution < 1.29 is 0 Å². The van der Waals surface area contributed by atoms with Crippen LogP contribution in [0.25, 0.3) is 0 Å². The maximum atomic E-state index is 3.85. The van der Waals surface area contributed by atoms with Crippen molar-refractivity contribution in [3.63, 3.8) is 0 Å². The fraction of sp³-hybridized carbons (Fsp3) is 0.143. The van der Waals surface area contributed by atoms with Crippen LogP contribution in [0.15, 0.2) is 40.6 Å². The SMILES string of the molecule is BrC1(c2ccccc2)N=N1. The molecule has 0 bridgehead atoms. The van der Waals surface area contributed by atoms with Crippen LogP contribution in [-0.4, -0.2) is 0 Å². The molecule has 0 amide bonds. The van der Waals surface area contributed by atoms with Crippen molar-refractivity contribution in [1.29, 1.82) is 0 Å². The molecule has 1 heterocycles. The zero-order valence-electron chi connectivity index (χ0n) is 5.16. The molecule has 2 rings (SSSR count). The Morgan fingerprint density at radius 3 is 2.20 bits per heavy atom. The van der Waals surface area contributed by atoms with Crippen LogP contribution in [-0.2, 0) is 4.57 Å². The summed E-state index contributed by atoms with van der Waals surface area (Å²) in [7, 11) is 0. The molecule has 0 aliphatic carbocycles. The Labute approximate surface area is 67.1 Å². The normalized spacial score (nSPS) is 18.9. The Kier molecular flexibility index (Phi) is 1.14. The maximum Gasteiger partial charge on any atom is 0.269 e. The molecule has 1 aliphatic heterocycles. The van der Waals surface area contributed by atoms with Gasteiger partial charge in [-0.3, -0.25) is 0 Å². The molecule has 0 saturated carbocycles. The third-order valence-electron chi connectivity index (χ3n) is 1.42. The van der Waals surface area contributed by atoms with Crippen LogP contribution in [0.1, 0.15) is 5.56 Å². The van der Waals surface area contributed by atoms with Crippen molar-refractivity contribution in [2.75, 3.05) is 0 Å². The van der Waals surface area contributed by atoms with E-state index in [9.17, 15) is 0 Å². The average molecular weight is 197 g/mol. The minimum absolute atomic E-state index is 0.395. The predicted molar refractivity (Wildman–Crippen MR) is 41.9 cm³/mol. The minimum Gasteiger partial charge on any atom is -0.140 e. The molecular weight excluding hydrogens is 192 g/mol. The van der Waals surface area contributed by atoms with E-state index in [0.717, 1.165) is 5.56 Å². The maximum absolute atomic E-state index is 3.85. The summed E-state index contributed by atoms with van der Waals surface area (Å²) in [5.74, 6) is 0. The van der Waals surface area contributed by atoms with Gasteiger partial charge >= 0.3 is 0 Å². The molecule has 1 aliphatic rings. The van der Waals surface area contributed by atoms with Crippen LogP contribution >= 0.6 is 15.9 Å². The van der Waals surface area contributed by atoms with E-state index in [-0.39, 0.29) is 0 Å². The molecule has 2 nitrogen and oxygen atoms in total. The number of alkyl halides is 1. The summed E-state index contributed by atoms with van der Waals surface area (Å²) >= 11 is 3.36. The summed E-state index contributed by atoms with van der Waals surface area (Å²) in [5, 5.41) is 7.69. The van der Waals surface area contributed by atoms with E-state index >= 15 is 0 Å². The fourth-order valence-electron chi connectivity index (χ4n) is 0.810. The summed E-state index contributed by atoms with van der Waals surface area (Å²) in [6.45, 7) is 0. The van der Waals surface area contributed by atoms with Crippen LogP contribution in [0.5, 0.6) is 0 Å². The molecule has 0 fully saturated rings. The molecule has 0 atom stereocenters. The second-order valence-electron chi connectivity index (χ2n) is 2.15. The number of rotatable bonds is 1. The fourth-order valence-corrected chi connectivity index (χ4v) is 1.15. The van der Waals surface area contributed by atoms with Gasteiger partial charge in [0.25, 0.3) is 4.57 Å². The summed E-state index contributed by atoms with van der Waals surface area (Å²) in [5.41, 5.74) is 1.09. The van der Waals surface area contributed by atoms with E-state index in [2.05, 4.69) is 26.2 Å². The third-order valence-corrected chi connectivity index (χ3v) is 2.19. The number of nitrogens with zero attached hydrogens (tertiary/aromatic N) is 2. The summed E-state index contributed by atoms with van der Waals surface area (Å²) in [6, 6.07) is 9.91. The van der Waals surface area contributed by atoms with Crippen molar-refractivity contribution in [3.05, 3.63) is 35.9 Å². The zero-order valence-corrected chi connectivity index (χ0v) is 6.75. The van der Waals surface area contributed by atoms with E-state index in [1.807, 2.05) is 30.3 Å². The van der Waals surface area contributed by atoms with Crippen molar-refractivity contribution in [2.45, 2.75) is 4.57 Å².